The maximum absolute atomic E-state index is 5.53. The molecule has 0 saturated heterocycles. The second-order valence-corrected chi connectivity index (χ2v) is 3.78. The van der Waals surface area contributed by atoms with E-state index in [0.717, 1.165) is 44.2 Å². The number of nitrogens with one attached hydrogen (secondary N) is 1. The molecule has 1 aromatic heterocycles. The van der Waals surface area contributed by atoms with Gasteiger partial charge in [-0.25, -0.2) is 0 Å². The Labute approximate surface area is 103 Å². The monoisotopic (exact) mass is 238 g/mol. The maximum Gasteiger partial charge on any atom is 0.137 e. The molecule has 0 unspecified atom stereocenters. The van der Waals surface area contributed by atoms with Crippen molar-refractivity contribution in [2.75, 3.05) is 32.9 Å². The lowest BCUT2D eigenvalue weighted by molar-refractivity contribution is 0.144. The summed E-state index contributed by atoms with van der Waals surface area (Å²) in [7, 11) is 0. The third-order valence-electron chi connectivity index (χ3n) is 2.28. The summed E-state index contributed by atoms with van der Waals surface area (Å²) < 4.78 is 10.8. The smallest absolute Gasteiger partial charge is 0.137 e. The standard InChI is InChI=1S/C13H22N2O2/c1-3-16-9-4-7-14-8-10-17-13-6-5-12(2)15-11-13/h5-6,11,14H,3-4,7-10H2,1-2H3. The number of hydrogen-bond acceptors (Lipinski definition) is 4. The summed E-state index contributed by atoms with van der Waals surface area (Å²) in [4.78, 5) is 4.17. The number of aryl methyl sites for hydroxylation is 1. The van der Waals surface area contributed by atoms with Crippen LogP contribution < -0.4 is 10.1 Å². The first-order valence-corrected chi connectivity index (χ1v) is 6.17. The van der Waals surface area contributed by atoms with Crippen LogP contribution in [0.25, 0.3) is 0 Å². The van der Waals surface area contributed by atoms with Gasteiger partial charge in [0.15, 0.2) is 0 Å². The number of rotatable bonds is 9. The number of ether oxygens (including phenoxy) is 2. The SMILES string of the molecule is CCOCCCNCCOc1ccc(C)nc1. The summed E-state index contributed by atoms with van der Waals surface area (Å²) in [5, 5.41) is 3.30. The minimum Gasteiger partial charge on any atom is -0.491 e. The highest BCUT2D eigenvalue weighted by molar-refractivity contribution is 5.18. The second-order valence-electron chi connectivity index (χ2n) is 3.78. The van der Waals surface area contributed by atoms with Gasteiger partial charge < -0.3 is 14.8 Å². The fourth-order valence-corrected chi connectivity index (χ4v) is 1.35. The third-order valence-corrected chi connectivity index (χ3v) is 2.28. The Bertz CT molecular complexity index is 288. The van der Waals surface area contributed by atoms with Gasteiger partial charge in [0.05, 0.1) is 6.20 Å². The van der Waals surface area contributed by atoms with Crippen molar-refractivity contribution in [1.29, 1.82) is 0 Å². The Hall–Kier alpha value is -1.13. The first kappa shape index (κ1) is 13.9. The zero-order chi connectivity index (χ0) is 12.3. The van der Waals surface area contributed by atoms with Gasteiger partial charge in [0.2, 0.25) is 0 Å². The summed E-state index contributed by atoms with van der Waals surface area (Å²) in [6, 6.07) is 3.89. The molecule has 0 amide bonds. The molecular formula is C13H22N2O2. The Morgan fingerprint density at radius 1 is 1.24 bits per heavy atom. The van der Waals surface area contributed by atoms with Crippen molar-refractivity contribution < 1.29 is 9.47 Å². The fourth-order valence-electron chi connectivity index (χ4n) is 1.35. The van der Waals surface area contributed by atoms with E-state index < -0.39 is 0 Å². The molecule has 17 heavy (non-hydrogen) atoms. The Balaban J connectivity index is 1.95. The molecule has 0 saturated carbocycles. The average molecular weight is 238 g/mol. The summed E-state index contributed by atoms with van der Waals surface area (Å²) in [6.45, 7) is 8.07. The lowest BCUT2D eigenvalue weighted by atomic mass is 10.4. The van der Waals surface area contributed by atoms with Crippen LogP contribution >= 0.6 is 0 Å². The molecule has 0 radical (unpaired) electrons. The van der Waals surface area contributed by atoms with E-state index in [1.54, 1.807) is 6.20 Å². The number of nitrogens with zero attached hydrogens (tertiary/aromatic N) is 1. The zero-order valence-corrected chi connectivity index (χ0v) is 10.7. The van der Waals surface area contributed by atoms with Crippen molar-refractivity contribution in [2.45, 2.75) is 20.3 Å². The fraction of sp³-hybridized carbons (Fsp3) is 0.615. The van der Waals surface area contributed by atoms with Gasteiger partial charge in [-0.2, -0.15) is 0 Å². The molecular weight excluding hydrogens is 216 g/mol. The highest BCUT2D eigenvalue weighted by Crippen LogP contribution is 2.07. The van der Waals surface area contributed by atoms with Gasteiger partial charge in [0, 0.05) is 25.5 Å². The van der Waals surface area contributed by atoms with Gasteiger partial charge in [0.25, 0.3) is 0 Å². The lowest BCUT2D eigenvalue weighted by Crippen LogP contribution is -2.23. The van der Waals surface area contributed by atoms with Gasteiger partial charge in [-0.05, 0) is 38.9 Å². The minimum atomic E-state index is 0.666. The number of hydrogen-bond donors (Lipinski definition) is 1. The normalized spacial score (nSPS) is 10.5. The topological polar surface area (TPSA) is 43.4 Å². The van der Waals surface area contributed by atoms with E-state index in [1.807, 2.05) is 26.0 Å². The quantitative estimate of drug-likeness (QED) is 0.666. The second kappa shape index (κ2) is 8.96. The minimum absolute atomic E-state index is 0.666. The van der Waals surface area contributed by atoms with E-state index >= 15 is 0 Å². The Morgan fingerprint density at radius 2 is 2.12 bits per heavy atom. The predicted octanol–water partition coefficient (Wildman–Crippen LogP) is 1.79. The molecule has 0 atom stereocenters. The van der Waals surface area contributed by atoms with E-state index in [4.69, 9.17) is 9.47 Å². The van der Waals surface area contributed by atoms with Crippen LogP contribution in [0.3, 0.4) is 0 Å². The number of aromatic nitrogens is 1. The van der Waals surface area contributed by atoms with Crippen molar-refractivity contribution in [3.63, 3.8) is 0 Å². The van der Waals surface area contributed by atoms with Crippen LogP contribution in [-0.2, 0) is 4.74 Å². The van der Waals surface area contributed by atoms with Gasteiger partial charge in [-0.3, -0.25) is 4.98 Å². The summed E-state index contributed by atoms with van der Waals surface area (Å²) in [5.74, 6) is 0.826. The van der Waals surface area contributed by atoms with Crippen molar-refractivity contribution in [3.8, 4) is 5.75 Å². The first-order valence-electron chi connectivity index (χ1n) is 6.17. The molecule has 1 rings (SSSR count). The molecule has 0 aromatic carbocycles. The third kappa shape index (κ3) is 6.92. The Kier molecular flexibility index (Phi) is 7.34. The van der Waals surface area contributed by atoms with Crippen molar-refractivity contribution in [3.05, 3.63) is 24.0 Å². The van der Waals surface area contributed by atoms with E-state index in [2.05, 4.69) is 10.3 Å². The molecule has 4 nitrogen and oxygen atoms in total. The van der Waals surface area contributed by atoms with E-state index in [9.17, 15) is 0 Å². The van der Waals surface area contributed by atoms with E-state index in [0.29, 0.717) is 6.61 Å². The van der Waals surface area contributed by atoms with Crippen LogP contribution in [0, 0.1) is 6.92 Å². The number of pyridine rings is 1. The summed E-state index contributed by atoms with van der Waals surface area (Å²) in [5.41, 5.74) is 1.01. The predicted molar refractivity (Wildman–Crippen MR) is 68.4 cm³/mol. The molecule has 1 aromatic rings. The zero-order valence-electron chi connectivity index (χ0n) is 10.7. The average Bonchev–Trinajstić information content (AvgIpc) is 2.35. The molecule has 0 spiro atoms. The summed E-state index contributed by atoms with van der Waals surface area (Å²) >= 11 is 0. The van der Waals surface area contributed by atoms with Crippen molar-refractivity contribution in [1.82, 2.24) is 10.3 Å². The van der Waals surface area contributed by atoms with Crippen molar-refractivity contribution >= 4 is 0 Å². The first-order chi connectivity index (χ1) is 8.33. The van der Waals surface area contributed by atoms with Crippen LogP contribution in [0.1, 0.15) is 19.0 Å². The van der Waals surface area contributed by atoms with Crippen LogP contribution in [0.15, 0.2) is 18.3 Å². The summed E-state index contributed by atoms with van der Waals surface area (Å²) in [6.07, 6.45) is 2.80. The van der Waals surface area contributed by atoms with Crippen molar-refractivity contribution in [2.24, 2.45) is 0 Å². The molecule has 0 fully saturated rings. The lowest BCUT2D eigenvalue weighted by Gasteiger charge is -2.07. The molecule has 0 aliphatic rings. The highest BCUT2D eigenvalue weighted by Gasteiger charge is 1.93. The maximum atomic E-state index is 5.53. The van der Waals surface area contributed by atoms with Gasteiger partial charge in [-0.15, -0.1) is 0 Å². The molecule has 1 heterocycles. The molecule has 0 bridgehead atoms. The highest BCUT2D eigenvalue weighted by atomic mass is 16.5. The Morgan fingerprint density at radius 3 is 2.82 bits per heavy atom. The van der Waals surface area contributed by atoms with Crippen LogP contribution in [0.2, 0.25) is 0 Å². The van der Waals surface area contributed by atoms with Crippen LogP contribution in [-0.4, -0.2) is 37.9 Å². The van der Waals surface area contributed by atoms with E-state index in [-0.39, 0.29) is 0 Å². The molecule has 1 N–H and O–H groups in total. The van der Waals surface area contributed by atoms with Gasteiger partial charge >= 0.3 is 0 Å². The molecule has 96 valence electrons. The molecule has 0 aliphatic heterocycles. The van der Waals surface area contributed by atoms with Gasteiger partial charge in [0.1, 0.15) is 12.4 Å². The molecule has 0 aliphatic carbocycles. The molecule has 4 heteroatoms. The largest absolute Gasteiger partial charge is 0.491 e. The van der Waals surface area contributed by atoms with Gasteiger partial charge in [-0.1, -0.05) is 0 Å². The van der Waals surface area contributed by atoms with Crippen LogP contribution in [0.4, 0.5) is 0 Å². The van der Waals surface area contributed by atoms with Crippen LogP contribution in [0.5, 0.6) is 5.75 Å². The van der Waals surface area contributed by atoms with E-state index in [1.165, 1.54) is 0 Å².